The average molecular weight is 292 g/mol. The van der Waals surface area contributed by atoms with Gasteiger partial charge in [-0.3, -0.25) is 4.79 Å². The van der Waals surface area contributed by atoms with Gasteiger partial charge in [0.15, 0.2) is 0 Å². The average Bonchev–Trinajstić information content (AvgIpc) is 2.44. The van der Waals surface area contributed by atoms with Crippen LogP contribution < -0.4 is 15.8 Å². The van der Waals surface area contributed by atoms with Crippen LogP contribution in [0.4, 0.5) is 0 Å². The van der Waals surface area contributed by atoms with Crippen LogP contribution in [0.25, 0.3) is 0 Å². The van der Waals surface area contributed by atoms with Gasteiger partial charge >= 0.3 is 0 Å². The number of amides is 1. The number of hydrogen-bond acceptors (Lipinski definition) is 3. The zero-order valence-electron chi connectivity index (χ0n) is 13.7. The van der Waals surface area contributed by atoms with Crippen LogP contribution in [0.5, 0.6) is 5.75 Å². The number of carbonyl (C=O) groups is 1. The quantitative estimate of drug-likeness (QED) is 0.774. The molecule has 0 unspecified atom stereocenters. The Kier molecular flexibility index (Phi) is 6.69. The van der Waals surface area contributed by atoms with Crippen molar-refractivity contribution in [1.29, 1.82) is 0 Å². The predicted molar refractivity (Wildman–Crippen MR) is 86.5 cm³/mol. The fourth-order valence-corrected chi connectivity index (χ4v) is 2.40. The fourth-order valence-electron chi connectivity index (χ4n) is 2.40. The van der Waals surface area contributed by atoms with E-state index in [0.29, 0.717) is 19.6 Å². The maximum absolute atomic E-state index is 12.0. The second-order valence-electron chi connectivity index (χ2n) is 5.66. The van der Waals surface area contributed by atoms with Crippen molar-refractivity contribution >= 4 is 5.91 Å². The van der Waals surface area contributed by atoms with Crippen LogP contribution in [0.2, 0.25) is 0 Å². The maximum atomic E-state index is 12.0. The molecule has 0 saturated carbocycles. The molecule has 21 heavy (non-hydrogen) atoms. The van der Waals surface area contributed by atoms with E-state index in [4.69, 9.17) is 10.5 Å². The minimum absolute atomic E-state index is 0.00600. The number of carbonyl (C=O) groups excluding carboxylic acids is 1. The van der Waals surface area contributed by atoms with Gasteiger partial charge in [0.25, 0.3) is 0 Å². The van der Waals surface area contributed by atoms with Gasteiger partial charge in [-0.25, -0.2) is 0 Å². The Labute approximate surface area is 128 Å². The van der Waals surface area contributed by atoms with Crippen molar-refractivity contribution in [3.8, 4) is 5.75 Å². The van der Waals surface area contributed by atoms with Crippen LogP contribution in [0.1, 0.15) is 44.2 Å². The van der Waals surface area contributed by atoms with Crippen LogP contribution in [-0.4, -0.2) is 24.6 Å². The zero-order chi connectivity index (χ0) is 15.9. The van der Waals surface area contributed by atoms with Crippen LogP contribution in [0, 0.1) is 13.8 Å². The highest BCUT2D eigenvalue weighted by Crippen LogP contribution is 2.17. The number of hydrogen-bond donors (Lipinski definition) is 2. The van der Waals surface area contributed by atoms with Crippen LogP contribution in [0.3, 0.4) is 0 Å². The van der Waals surface area contributed by atoms with Crippen LogP contribution in [-0.2, 0) is 4.79 Å². The van der Waals surface area contributed by atoms with E-state index in [1.165, 1.54) is 0 Å². The Bertz CT molecular complexity index is 439. The molecule has 0 saturated heterocycles. The Balaban J connectivity index is 2.46. The van der Waals surface area contributed by atoms with Gasteiger partial charge in [0.2, 0.25) is 5.91 Å². The topological polar surface area (TPSA) is 64.3 Å². The van der Waals surface area contributed by atoms with Crippen molar-refractivity contribution in [2.75, 3.05) is 13.2 Å². The van der Waals surface area contributed by atoms with Crippen molar-refractivity contribution in [2.24, 2.45) is 5.73 Å². The maximum Gasteiger partial charge on any atom is 0.223 e. The summed E-state index contributed by atoms with van der Waals surface area (Å²) in [5.41, 5.74) is 7.82. The lowest BCUT2D eigenvalue weighted by Gasteiger charge is -2.31. The van der Waals surface area contributed by atoms with Crippen LogP contribution in [0.15, 0.2) is 18.2 Å². The Morgan fingerprint density at radius 2 is 1.76 bits per heavy atom. The van der Waals surface area contributed by atoms with E-state index < -0.39 is 0 Å². The molecule has 4 nitrogen and oxygen atoms in total. The first kappa shape index (κ1) is 17.5. The highest BCUT2D eigenvalue weighted by molar-refractivity contribution is 5.77. The van der Waals surface area contributed by atoms with Gasteiger partial charge in [0, 0.05) is 6.54 Å². The van der Waals surface area contributed by atoms with Crippen molar-refractivity contribution in [3.63, 3.8) is 0 Å². The molecule has 0 aliphatic heterocycles. The largest absolute Gasteiger partial charge is 0.493 e. The number of ether oxygens (including phenoxy) is 1. The van der Waals surface area contributed by atoms with E-state index in [9.17, 15) is 4.79 Å². The summed E-state index contributed by atoms with van der Waals surface area (Å²) >= 11 is 0. The first-order valence-corrected chi connectivity index (χ1v) is 7.67. The third-order valence-electron chi connectivity index (χ3n) is 3.94. The summed E-state index contributed by atoms with van der Waals surface area (Å²) in [5, 5.41) is 3.04. The first-order valence-electron chi connectivity index (χ1n) is 7.67. The van der Waals surface area contributed by atoms with Gasteiger partial charge in [-0.15, -0.1) is 0 Å². The molecule has 1 aromatic rings. The molecule has 1 aromatic carbocycles. The standard InChI is InChI=1S/C17H28N2O2/c1-5-17(6-2,12-18)19-16(20)7-8-21-15-10-13(3)9-14(4)11-15/h9-11H,5-8,12,18H2,1-4H3,(H,19,20). The molecule has 1 rings (SSSR count). The number of nitrogens with two attached hydrogens (primary N) is 1. The van der Waals surface area contributed by atoms with Crippen molar-refractivity contribution < 1.29 is 9.53 Å². The lowest BCUT2D eigenvalue weighted by Crippen LogP contribution is -2.53. The molecular formula is C17H28N2O2. The molecule has 0 atom stereocenters. The van der Waals surface area contributed by atoms with E-state index in [1.54, 1.807) is 0 Å². The molecule has 3 N–H and O–H groups in total. The molecule has 1 amide bonds. The fraction of sp³-hybridized carbons (Fsp3) is 0.588. The Morgan fingerprint density at radius 3 is 2.24 bits per heavy atom. The van der Waals surface area contributed by atoms with Crippen molar-refractivity contribution in [2.45, 2.75) is 52.5 Å². The summed E-state index contributed by atoms with van der Waals surface area (Å²) in [4.78, 5) is 12.0. The van der Waals surface area contributed by atoms with E-state index in [2.05, 4.69) is 11.4 Å². The minimum Gasteiger partial charge on any atom is -0.493 e. The SMILES string of the molecule is CCC(CC)(CN)NC(=O)CCOc1cc(C)cc(C)c1. The molecule has 0 bridgehead atoms. The minimum atomic E-state index is -0.281. The van der Waals surface area contributed by atoms with E-state index in [1.807, 2.05) is 39.8 Å². The van der Waals surface area contributed by atoms with E-state index in [-0.39, 0.29) is 11.4 Å². The summed E-state index contributed by atoms with van der Waals surface area (Å²) in [6.45, 7) is 8.99. The Morgan fingerprint density at radius 1 is 1.19 bits per heavy atom. The Hall–Kier alpha value is -1.55. The summed E-state index contributed by atoms with van der Waals surface area (Å²) < 4.78 is 5.66. The molecule has 0 aliphatic carbocycles. The van der Waals surface area contributed by atoms with Gasteiger partial charge in [0.1, 0.15) is 5.75 Å². The molecule has 0 aliphatic rings. The van der Waals surface area contributed by atoms with Crippen LogP contribution >= 0.6 is 0 Å². The highest BCUT2D eigenvalue weighted by atomic mass is 16.5. The lowest BCUT2D eigenvalue weighted by molar-refractivity contribution is -0.123. The number of aryl methyl sites for hydroxylation is 2. The third kappa shape index (κ3) is 5.38. The lowest BCUT2D eigenvalue weighted by atomic mass is 9.93. The highest BCUT2D eigenvalue weighted by Gasteiger charge is 2.25. The number of benzene rings is 1. The number of rotatable bonds is 8. The van der Waals surface area contributed by atoms with Gasteiger partial charge in [-0.05, 0) is 49.9 Å². The van der Waals surface area contributed by atoms with E-state index >= 15 is 0 Å². The summed E-state index contributed by atoms with van der Waals surface area (Å²) in [7, 11) is 0. The predicted octanol–water partition coefficient (Wildman–Crippen LogP) is 2.71. The molecule has 0 fully saturated rings. The summed E-state index contributed by atoms with van der Waals surface area (Å²) in [6, 6.07) is 6.05. The smallest absolute Gasteiger partial charge is 0.223 e. The zero-order valence-corrected chi connectivity index (χ0v) is 13.7. The number of nitrogens with one attached hydrogen (secondary N) is 1. The van der Waals surface area contributed by atoms with Gasteiger partial charge in [0.05, 0.1) is 18.6 Å². The van der Waals surface area contributed by atoms with Gasteiger partial charge < -0.3 is 15.8 Å². The second kappa shape index (κ2) is 8.03. The van der Waals surface area contributed by atoms with Gasteiger partial charge in [-0.2, -0.15) is 0 Å². The molecule has 0 radical (unpaired) electrons. The van der Waals surface area contributed by atoms with Gasteiger partial charge in [-0.1, -0.05) is 19.9 Å². The van der Waals surface area contributed by atoms with Crippen molar-refractivity contribution in [3.05, 3.63) is 29.3 Å². The third-order valence-corrected chi connectivity index (χ3v) is 3.94. The first-order chi connectivity index (χ1) is 9.94. The molecule has 4 heteroatoms. The summed E-state index contributed by atoms with van der Waals surface area (Å²) in [6.07, 6.45) is 2.02. The molecule has 0 spiro atoms. The molecule has 0 heterocycles. The van der Waals surface area contributed by atoms with Crippen molar-refractivity contribution in [1.82, 2.24) is 5.32 Å². The monoisotopic (exact) mass is 292 g/mol. The molecule has 118 valence electrons. The molecule has 0 aromatic heterocycles. The summed E-state index contributed by atoms with van der Waals surface area (Å²) in [5.74, 6) is 0.810. The second-order valence-corrected chi connectivity index (χ2v) is 5.66. The molecular weight excluding hydrogens is 264 g/mol. The van der Waals surface area contributed by atoms with E-state index in [0.717, 1.165) is 29.7 Å². The normalized spacial score (nSPS) is 11.3.